The average Bonchev–Trinajstić information content (AvgIpc) is 2.10. The highest BCUT2D eigenvalue weighted by Gasteiger charge is 2.02. The highest BCUT2D eigenvalue weighted by Crippen LogP contribution is 1.97. The van der Waals surface area contributed by atoms with E-state index in [9.17, 15) is 4.79 Å². The lowest BCUT2D eigenvalue weighted by Gasteiger charge is -2.12. The van der Waals surface area contributed by atoms with Gasteiger partial charge in [-0.25, -0.2) is 4.79 Å². The maximum atomic E-state index is 10.1. The maximum Gasteiger partial charge on any atom is 0.327 e. The van der Waals surface area contributed by atoms with Crippen molar-refractivity contribution >= 4 is 5.97 Å². The number of aliphatic hydroxyl groups is 1. The number of aliphatic carboxylic acids is 1. The molecule has 76 valence electrons. The van der Waals surface area contributed by atoms with Crippen molar-refractivity contribution in [2.24, 2.45) is 0 Å². The molecule has 0 amide bonds. The van der Waals surface area contributed by atoms with Crippen LogP contribution in [0.5, 0.6) is 0 Å². The van der Waals surface area contributed by atoms with Gasteiger partial charge in [-0.2, -0.15) is 0 Å². The van der Waals surface area contributed by atoms with Crippen LogP contribution in [0.3, 0.4) is 0 Å². The summed E-state index contributed by atoms with van der Waals surface area (Å²) in [7, 11) is 0. The molecular formula is C9H17NO3. The Bertz CT molecular complexity index is 168. The first-order valence-corrected chi connectivity index (χ1v) is 4.44. The molecule has 0 aromatic rings. The van der Waals surface area contributed by atoms with E-state index in [0.717, 1.165) is 19.0 Å². The van der Waals surface area contributed by atoms with E-state index < -0.39 is 5.97 Å². The van der Waals surface area contributed by atoms with Crippen molar-refractivity contribution in [3.8, 4) is 0 Å². The molecule has 0 bridgehead atoms. The first-order chi connectivity index (χ1) is 6.20. The molecule has 0 aliphatic rings. The molecule has 0 unspecified atom stereocenters. The number of aliphatic hydroxyl groups excluding tert-OH is 1. The minimum atomic E-state index is -0.927. The van der Waals surface area contributed by atoms with Crippen LogP contribution in [0.1, 0.15) is 19.8 Å². The molecule has 0 aliphatic carbocycles. The van der Waals surface area contributed by atoms with Crippen molar-refractivity contribution in [2.75, 3.05) is 13.2 Å². The summed E-state index contributed by atoms with van der Waals surface area (Å²) in [5.74, 6) is -0.927. The Morgan fingerprint density at radius 3 is 2.77 bits per heavy atom. The van der Waals surface area contributed by atoms with E-state index in [4.69, 9.17) is 10.2 Å². The van der Waals surface area contributed by atoms with E-state index in [1.807, 2.05) is 6.92 Å². The van der Waals surface area contributed by atoms with Gasteiger partial charge in [0.15, 0.2) is 0 Å². The summed E-state index contributed by atoms with van der Waals surface area (Å²) in [6, 6.07) is 0.0726. The Morgan fingerprint density at radius 1 is 1.62 bits per heavy atom. The van der Waals surface area contributed by atoms with Gasteiger partial charge in [-0.1, -0.05) is 13.0 Å². The molecule has 1 atom stereocenters. The summed E-state index contributed by atoms with van der Waals surface area (Å²) in [6.45, 7) is 2.87. The first kappa shape index (κ1) is 12.1. The van der Waals surface area contributed by atoms with E-state index in [0.29, 0.717) is 6.42 Å². The van der Waals surface area contributed by atoms with Gasteiger partial charge in [0.25, 0.3) is 0 Å². The number of carbonyl (C=O) groups is 1. The van der Waals surface area contributed by atoms with Gasteiger partial charge in [0.2, 0.25) is 0 Å². The SMILES string of the molecule is CCN[C@@H](CO)CCC=CC(=O)O. The lowest BCUT2D eigenvalue weighted by molar-refractivity contribution is -0.131. The molecule has 0 aromatic carbocycles. The van der Waals surface area contributed by atoms with Crippen molar-refractivity contribution in [3.63, 3.8) is 0 Å². The fraction of sp³-hybridized carbons (Fsp3) is 0.667. The van der Waals surface area contributed by atoms with Crippen LogP contribution in [0, 0.1) is 0 Å². The summed E-state index contributed by atoms with van der Waals surface area (Å²) in [5.41, 5.74) is 0. The summed E-state index contributed by atoms with van der Waals surface area (Å²) in [6.07, 6.45) is 4.15. The standard InChI is InChI=1S/C9H17NO3/c1-2-10-8(7-11)5-3-4-6-9(12)13/h4,6,8,10-11H,2-3,5,7H2,1H3,(H,12,13)/t8-/m1/s1. The minimum Gasteiger partial charge on any atom is -0.478 e. The largest absolute Gasteiger partial charge is 0.478 e. The smallest absolute Gasteiger partial charge is 0.327 e. The number of allylic oxidation sites excluding steroid dienone is 1. The van der Waals surface area contributed by atoms with Gasteiger partial charge in [-0.3, -0.25) is 0 Å². The second-order valence-corrected chi connectivity index (χ2v) is 2.76. The number of carboxylic acids is 1. The molecule has 3 N–H and O–H groups in total. The number of hydrogen-bond acceptors (Lipinski definition) is 3. The van der Waals surface area contributed by atoms with Gasteiger partial charge >= 0.3 is 5.97 Å². The van der Waals surface area contributed by atoms with Crippen LogP contribution in [0.4, 0.5) is 0 Å². The molecule has 0 rings (SSSR count). The summed E-state index contributed by atoms with van der Waals surface area (Å²) in [5, 5.41) is 20.2. The van der Waals surface area contributed by atoms with Crippen LogP contribution in [0.2, 0.25) is 0 Å². The monoisotopic (exact) mass is 187 g/mol. The predicted octanol–water partition coefficient (Wildman–Crippen LogP) is 0.378. The molecule has 0 spiro atoms. The van der Waals surface area contributed by atoms with Gasteiger partial charge in [-0.05, 0) is 19.4 Å². The zero-order chi connectivity index (χ0) is 10.1. The molecule has 0 radical (unpaired) electrons. The van der Waals surface area contributed by atoms with Gasteiger partial charge in [-0.15, -0.1) is 0 Å². The Kier molecular flexibility index (Phi) is 7.24. The van der Waals surface area contributed by atoms with Gasteiger partial charge in [0.1, 0.15) is 0 Å². The number of likely N-dealkylation sites (N-methyl/N-ethyl adjacent to an activating group) is 1. The normalized spacial score (nSPS) is 13.4. The van der Waals surface area contributed by atoms with E-state index in [1.54, 1.807) is 6.08 Å². The highest BCUT2D eigenvalue weighted by atomic mass is 16.4. The fourth-order valence-electron chi connectivity index (χ4n) is 1.03. The van der Waals surface area contributed by atoms with Gasteiger partial charge in [0.05, 0.1) is 6.61 Å². The Hall–Kier alpha value is -0.870. The molecule has 4 nitrogen and oxygen atoms in total. The number of carboxylic acid groups (broad SMARTS) is 1. The van der Waals surface area contributed by atoms with Crippen molar-refractivity contribution in [1.82, 2.24) is 5.32 Å². The minimum absolute atomic E-state index is 0.0726. The molecule has 0 aliphatic heterocycles. The van der Waals surface area contributed by atoms with Crippen LogP contribution in [-0.4, -0.2) is 35.4 Å². The molecule has 0 saturated heterocycles. The molecule has 0 heterocycles. The third-order valence-electron chi connectivity index (χ3n) is 1.66. The number of rotatable bonds is 7. The maximum absolute atomic E-state index is 10.1. The van der Waals surface area contributed by atoms with Crippen molar-refractivity contribution in [3.05, 3.63) is 12.2 Å². The second kappa shape index (κ2) is 7.76. The zero-order valence-electron chi connectivity index (χ0n) is 7.86. The highest BCUT2D eigenvalue weighted by molar-refractivity contribution is 5.79. The lowest BCUT2D eigenvalue weighted by atomic mass is 10.1. The van der Waals surface area contributed by atoms with E-state index in [-0.39, 0.29) is 12.6 Å². The summed E-state index contributed by atoms with van der Waals surface area (Å²) < 4.78 is 0. The molecule has 4 heteroatoms. The number of nitrogens with one attached hydrogen (secondary N) is 1. The van der Waals surface area contributed by atoms with E-state index in [1.165, 1.54) is 0 Å². The summed E-state index contributed by atoms with van der Waals surface area (Å²) >= 11 is 0. The topological polar surface area (TPSA) is 69.6 Å². The third-order valence-corrected chi connectivity index (χ3v) is 1.66. The van der Waals surface area contributed by atoms with Gasteiger partial charge in [0, 0.05) is 12.1 Å². The van der Waals surface area contributed by atoms with Crippen molar-refractivity contribution in [2.45, 2.75) is 25.8 Å². The quantitative estimate of drug-likeness (QED) is 0.504. The zero-order valence-corrected chi connectivity index (χ0v) is 7.86. The second-order valence-electron chi connectivity index (χ2n) is 2.76. The van der Waals surface area contributed by atoms with Crippen LogP contribution < -0.4 is 5.32 Å². The predicted molar refractivity (Wildman–Crippen MR) is 50.6 cm³/mol. The Balaban J connectivity index is 3.54. The van der Waals surface area contributed by atoms with Crippen LogP contribution in [0.15, 0.2) is 12.2 Å². The first-order valence-electron chi connectivity index (χ1n) is 4.44. The molecule has 0 fully saturated rings. The van der Waals surface area contributed by atoms with Crippen molar-refractivity contribution < 1.29 is 15.0 Å². The van der Waals surface area contributed by atoms with E-state index >= 15 is 0 Å². The molecule has 13 heavy (non-hydrogen) atoms. The van der Waals surface area contributed by atoms with Crippen LogP contribution in [0.25, 0.3) is 0 Å². The number of hydrogen-bond donors (Lipinski definition) is 3. The van der Waals surface area contributed by atoms with Crippen molar-refractivity contribution in [1.29, 1.82) is 0 Å². The molecule has 0 aromatic heterocycles. The van der Waals surface area contributed by atoms with E-state index in [2.05, 4.69) is 5.32 Å². The molecular weight excluding hydrogens is 170 g/mol. The Labute approximate surface area is 78.3 Å². The lowest BCUT2D eigenvalue weighted by Crippen LogP contribution is -2.31. The average molecular weight is 187 g/mol. The Morgan fingerprint density at radius 2 is 2.31 bits per heavy atom. The fourth-order valence-corrected chi connectivity index (χ4v) is 1.03. The van der Waals surface area contributed by atoms with Gasteiger partial charge < -0.3 is 15.5 Å². The molecule has 0 saturated carbocycles. The van der Waals surface area contributed by atoms with Crippen LogP contribution >= 0.6 is 0 Å². The summed E-state index contributed by atoms with van der Waals surface area (Å²) in [4.78, 5) is 10.1. The van der Waals surface area contributed by atoms with Crippen LogP contribution in [-0.2, 0) is 4.79 Å². The third kappa shape index (κ3) is 7.49.